The van der Waals surface area contributed by atoms with Crippen LogP contribution in [0.1, 0.15) is 45.0 Å². The van der Waals surface area contributed by atoms with Crippen molar-refractivity contribution in [1.29, 1.82) is 0 Å². The summed E-state index contributed by atoms with van der Waals surface area (Å²) in [6.07, 6.45) is 7.23. The van der Waals surface area contributed by atoms with Gasteiger partial charge in [0.2, 0.25) is 0 Å². The SMILES string of the molecule is CCCCNC(CC)c1ncc[nH]1. The van der Waals surface area contributed by atoms with Crippen LogP contribution in [-0.2, 0) is 0 Å². The van der Waals surface area contributed by atoms with Crippen molar-refractivity contribution in [3.63, 3.8) is 0 Å². The Labute approximate surface area is 80.0 Å². The third-order valence-corrected chi connectivity index (χ3v) is 2.18. The van der Waals surface area contributed by atoms with Gasteiger partial charge < -0.3 is 10.3 Å². The van der Waals surface area contributed by atoms with Gasteiger partial charge in [-0.3, -0.25) is 0 Å². The second kappa shape index (κ2) is 5.75. The number of unbranched alkanes of at least 4 members (excludes halogenated alkanes) is 1. The summed E-state index contributed by atoms with van der Waals surface area (Å²) in [5.41, 5.74) is 0. The minimum Gasteiger partial charge on any atom is -0.347 e. The number of H-pyrrole nitrogens is 1. The van der Waals surface area contributed by atoms with Crippen molar-refractivity contribution in [3.8, 4) is 0 Å². The quantitative estimate of drug-likeness (QED) is 0.661. The molecule has 1 atom stereocenters. The van der Waals surface area contributed by atoms with Crippen LogP contribution in [0.2, 0.25) is 0 Å². The number of nitrogens with one attached hydrogen (secondary N) is 2. The fourth-order valence-corrected chi connectivity index (χ4v) is 1.36. The molecule has 0 saturated carbocycles. The summed E-state index contributed by atoms with van der Waals surface area (Å²) < 4.78 is 0. The van der Waals surface area contributed by atoms with Gasteiger partial charge in [0.25, 0.3) is 0 Å². The van der Waals surface area contributed by atoms with Crippen molar-refractivity contribution < 1.29 is 0 Å². The van der Waals surface area contributed by atoms with Crippen LogP contribution in [0.5, 0.6) is 0 Å². The molecule has 0 saturated heterocycles. The van der Waals surface area contributed by atoms with Crippen LogP contribution in [0.3, 0.4) is 0 Å². The molecular formula is C10H19N3. The summed E-state index contributed by atoms with van der Waals surface area (Å²) in [6.45, 7) is 5.46. The molecule has 3 heteroatoms. The Hall–Kier alpha value is -0.830. The Kier molecular flexibility index (Phi) is 4.54. The van der Waals surface area contributed by atoms with Crippen molar-refractivity contribution in [1.82, 2.24) is 15.3 Å². The highest BCUT2D eigenvalue weighted by atomic mass is 15.0. The van der Waals surface area contributed by atoms with Crippen molar-refractivity contribution in [2.24, 2.45) is 0 Å². The van der Waals surface area contributed by atoms with Gasteiger partial charge in [-0.05, 0) is 19.4 Å². The predicted molar refractivity (Wildman–Crippen MR) is 54.5 cm³/mol. The normalized spacial score (nSPS) is 13.1. The van der Waals surface area contributed by atoms with Gasteiger partial charge in [-0.15, -0.1) is 0 Å². The highest BCUT2D eigenvalue weighted by molar-refractivity contribution is 4.94. The third-order valence-electron chi connectivity index (χ3n) is 2.18. The first kappa shape index (κ1) is 10.3. The molecule has 1 aromatic rings. The molecular weight excluding hydrogens is 162 g/mol. The van der Waals surface area contributed by atoms with Gasteiger partial charge in [-0.25, -0.2) is 4.98 Å². The molecule has 0 aliphatic rings. The van der Waals surface area contributed by atoms with E-state index in [0.29, 0.717) is 6.04 Å². The second-order valence-electron chi connectivity index (χ2n) is 3.24. The Balaban J connectivity index is 2.35. The van der Waals surface area contributed by atoms with E-state index in [2.05, 4.69) is 29.1 Å². The molecule has 0 aliphatic heterocycles. The summed E-state index contributed by atoms with van der Waals surface area (Å²) in [5.74, 6) is 1.05. The Morgan fingerprint density at radius 1 is 1.54 bits per heavy atom. The lowest BCUT2D eigenvalue weighted by Crippen LogP contribution is -2.22. The first-order chi connectivity index (χ1) is 6.38. The zero-order valence-corrected chi connectivity index (χ0v) is 8.51. The fraction of sp³-hybridized carbons (Fsp3) is 0.700. The summed E-state index contributed by atoms with van der Waals surface area (Å²) >= 11 is 0. The molecule has 1 aromatic heterocycles. The molecule has 0 bridgehead atoms. The van der Waals surface area contributed by atoms with E-state index in [9.17, 15) is 0 Å². The summed E-state index contributed by atoms with van der Waals surface area (Å²) in [7, 11) is 0. The molecule has 1 unspecified atom stereocenters. The maximum atomic E-state index is 4.25. The Morgan fingerprint density at radius 3 is 2.92 bits per heavy atom. The molecule has 74 valence electrons. The first-order valence-electron chi connectivity index (χ1n) is 5.11. The molecule has 1 heterocycles. The average Bonchev–Trinajstić information content (AvgIpc) is 2.65. The molecule has 0 fully saturated rings. The molecule has 3 nitrogen and oxygen atoms in total. The average molecular weight is 181 g/mol. The number of imidazole rings is 1. The van der Waals surface area contributed by atoms with Crippen LogP contribution in [0.25, 0.3) is 0 Å². The van der Waals surface area contributed by atoms with Crippen LogP contribution in [-0.4, -0.2) is 16.5 Å². The van der Waals surface area contributed by atoms with E-state index < -0.39 is 0 Å². The fourth-order valence-electron chi connectivity index (χ4n) is 1.36. The smallest absolute Gasteiger partial charge is 0.123 e. The molecule has 0 aromatic carbocycles. The summed E-state index contributed by atoms with van der Waals surface area (Å²) in [4.78, 5) is 7.39. The number of aromatic nitrogens is 2. The van der Waals surface area contributed by atoms with E-state index in [1.807, 2.05) is 6.20 Å². The number of hydrogen-bond acceptors (Lipinski definition) is 2. The van der Waals surface area contributed by atoms with E-state index in [-0.39, 0.29) is 0 Å². The van der Waals surface area contributed by atoms with Crippen LogP contribution in [0, 0.1) is 0 Å². The topological polar surface area (TPSA) is 40.7 Å². The maximum Gasteiger partial charge on any atom is 0.123 e. The number of hydrogen-bond donors (Lipinski definition) is 2. The molecule has 1 rings (SSSR count). The van der Waals surface area contributed by atoms with Crippen molar-refractivity contribution in [3.05, 3.63) is 18.2 Å². The van der Waals surface area contributed by atoms with E-state index in [4.69, 9.17) is 0 Å². The van der Waals surface area contributed by atoms with Gasteiger partial charge in [0, 0.05) is 12.4 Å². The van der Waals surface area contributed by atoms with Crippen LogP contribution >= 0.6 is 0 Å². The van der Waals surface area contributed by atoms with Gasteiger partial charge in [0.15, 0.2) is 0 Å². The zero-order chi connectivity index (χ0) is 9.52. The van der Waals surface area contributed by atoms with E-state index in [1.165, 1.54) is 12.8 Å². The zero-order valence-electron chi connectivity index (χ0n) is 8.51. The highest BCUT2D eigenvalue weighted by Crippen LogP contribution is 2.10. The third kappa shape index (κ3) is 3.19. The number of nitrogens with zero attached hydrogens (tertiary/aromatic N) is 1. The summed E-state index contributed by atoms with van der Waals surface area (Å²) in [6, 6.07) is 0.390. The monoisotopic (exact) mass is 181 g/mol. The Morgan fingerprint density at radius 2 is 2.38 bits per heavy atom. The molecule has 0 spiro atoms. The summed E-state index contributed by atoms with van der Waals surface area (Å²) in [5, 5.41) is 3.48. The van der Waals surface area contributed by atoms with Gasteiger partial charge >= 0.3 is 0 Å². The van der Waals surface area contributed by atoms with Gasteiger partial charge in [0.1, 0.15) is 5.82 Å². The number of rotatable bonds is 6. The second-order valence-corrected chi connectivity index (χ2v) is 3.24. The van der Waals surface area contributed by atoms with E-state index >= 15 is 0 Å². The van der Waals surface area contributed by atoms with E-state index in [0.717, 1.165) is 18.8 Å². The van der Waals surface area contributed by atoms with Crippen LogP contribution < -0.4 is 5.32 Å². The van der Waals surface area contributed by atoms with Crippen molar-refractivity contribution in [2.45, 2.75) is 39.2 Å². The van der Waals surface area contributed by atoms with Gasteiger partial charge in [-0.2, -0.15) is 0 Å². The minimum absolute atomic E-state index is 0.390. The lowest BCUT2D eigenvalue weighted by molar-refractivity contribution is 0.489. The predicted octanol–water partition coefficient (Wildman–Crippen LogP) is 2.25. The Bertz CT molecular complexity index is 206. The van der Waals surface area contributed by atoms with Gasteiger partial charge in [-0.1, -0.05) is 20.3 Å². The lowest BCUT2D eigenvalue weighted by atomic mass is 10.2. The maximum absolute atomic E-state index is 4.25. The lowest BCUT2D eigenvalue weighted by Gasteiger charge is -2.13. The molecule has 2 N–H and O–H groups in total. The van der Waals surface area contributed by atoms with E-state index in [1.54, 1.807) is 6.20 Å². The van der Waals surface area contributed by atoms with Crippen molar-refractivity contribution in [2.75, 3.05) is 6.54 Å². The number of aromatic amines is 1. The molecule has 13 heavy (non-hydrogen) atoms. The molecule has 0 aliphatic carbocycles. The highest BCUT2D eigenvalue weighted by Gasteiger charge is 2.09. The van der Waals surface area contributed by atoms with Crippen molar-refractivity contribution >= 4 is 0 Å². The van der Waals surface area contributed by atoms with Crippen LogP contribution in [0.15, 0.2) is 12.4 Å². The van der Waals surface area contributed by atoms with Crippen LogP contribution in [0.4, 0.5) is 0 Å². The minimum atomic E-state index is 0.390. The molecule has 0 radical (unpaired) electrons. The largest absolute Gasteiger partial charge is 0.347 e. The van der Waals surface area contributed by atoms with Gasteiger partial charge in [0.05, 0.1) is 6.04 Å². The standard InChI is InChI=1S/C10H19N3/c1-3-5-6-11-9(4-2)10-12-7-8-13-10/h7-9,11H,3-6H2,1-2H3,(H,12,13). The first-order valence-corrected chi connectivity index (χ1v) is 5.11. The molecule has 0 amide bonds.